The van der Waals surface area contributed by atoms with E-state index in [1.54, 1.807) is 0 Å². The maximum absolute atomic E-state index is 12.0. The molecule has 1 saturated heterocycles. The van der Waals surface area contributed by atoms with E-state index in [1.165, 1.54) is 13.8 Å². The molecule has 1 aliphatic heterocycles. The van der Waals surface area contributed by atoms with E-state index >= 15 is 0 Å². The molecule has 0 radical (unpaired) electrons. The van der Waals surface area contributed by atoms with E-state index in [0.29, 0.717) is 13.0 Å². The number of carbonyl (C=O) groups is 2. The fraction of sp³-hybridized carbons (Fsp3) is 0.818. The summed E-state index contributed by atoms with van der Waals surface area (Å²) in [6, 6.07) is -0.638. The minimum atomic E-state index is -3.52. The third-order valence-electron chi connectivity index (χ3n) is 3.31. The molecule has 1 fully saturated rings. The van der Waals surface area contributed by atoms with Crippen LogP contribution in [0.4, 0.5) is 0 Å². The molecule has 1 atom stereocenters. The second kappa shape index (κ2) is 5.26. The summed E-state index contributed by atoms with van der Waals surface area (Å²) in [6.45, 7) is 3.28. The Hall–Kier alpha value is -1.11. The van der Waals surface area contributed by atoms with Gasteiger partial charge < -0.3 is 10.6 Å². The summed E-state index contributed by atoms with van der Waals surface area (Å²) in [4.78, 5) is 23.6. The maximum Gasteiger partial charge on any atom is 0.242 e. The van der Waals surface area contributed by atoms with Crippen molar-refractivity contribution in [1.82, 2.24) is 10.6 Å². The van der Waals surface area contributed by atoms with Gasteiger partial charge in [0, 0.05) is 12.8 Å². The summed E-state index contributed by atoms with van der Waals surface area (Å²) in [5, 5.41) is 5.21. The van der Waals surface area contributed by atoms with Crippen LogP contribution in [0.5, 0.6) is 0 Å². The average molecular weight is 276 g/mol. The first kappa shape index (κ1) is 14.9. The van der Waals surface area contributed by atoms with Crippen molar-refractivity contribution in [1.29, 1.82) is 0 Å². The van der Waals surface area contributed by atoms with Crippen LogP contribution in [-0.2, 0) is 19.4 Å². The first-order valence-electron chi connectivity index (χ1n) is 5.94. The van der Waals surface area contributed by atoms with Crippen LogP contribution in [-0.4, -0.2) is 43.8 Å². The first-order chi connectivity index (χ1) is 8.16. The number of carbonyl (C=O) groups excluding carboxylic acids is 2. The highest BCUT2D eigenvalue weighted by atomic mass is 32.2. The van der Waals surface area contributed by atoms with Crippen molar-refractivity contribution in [3.05, 3.63) is 0 Å². The minimum Gasteiger partial charge on any atom is -0.354 e. The molecule has 7 heteroatoms. The summed E-state index contributed by atoms with van der Waals surface area (Å²) >= 11 is 0. The lowest BCUT2D eigenvalue weighted by molar-refractivity contribution is -0.129. The number of rotatable bonds is 3. The van der Waals surface area contributed by atoms with Gasteiger partial charge in [0.2, 0.25) is 11.8 Å². The monoisotopic (exact) mass is 276 g/mol. The van der Waals surface area contributed by atoms with Crippen molar-refractivity contribution < 1.29 is 18.0 Å². The molecule has 0 aromatic carbocycles. The lowest BCUT2D eigenvalue weighted by atomic mass is 10.1. The van der Waals surface area contributed by atoms with Crippen LogP contribution in [0.3, 0.4) is 0 Å². The summed E-state index contributed by atoms with van der Waals surface area (Å²) in [5.41, 5.74) is 0. The molecule has 0 bridgehead atoms. The highest BCUT2D eigenvalue weighted by Crippen LogP contribution is 2.16. The van der Waals surface area contributed by atoms with Crippen LogP contribution in [0.25, 0.3) is 0 Å². The van der Waals surface area contributed by atoms with Crippen LogP contribution in [0, 0.1) is 0 Å². The van der Waals surface area contributed by atoms with Crippen molar-refractivity contribution in [3.8, 4) is 0 Å². The Morgan fingerprint density at radius 3 is 2.56 bits per heavy atom. The van der Waals surface area contributed by atoms with Gasteiger partial charge in [-0.2, -0.15) is 0 Å². The van der Waals surface area contributed by atoms with Gasteiger partial charge in [0.25, 0.3) is 0 Å². The molecule has 104 valence electrons. The minimum absolute atomic E-state index is 0.245. The number of hydrogen-bond donors (Lipinski definition) is 2. The Kier molecular flexibility index (Phi) is 4.37. The third-order valence-corrected chi connectivity index (χ3v) is 5.35. The Morgan fingerprint density at radius 2 is 2.00 bits per heavy atom. The van der Waals surface area contributed by atoms with Crippen molar-refractivity contribution in [3.63, 3.8) is 0 Å². The first-order valence-corrected chi connectivity index (χ1v) is 7.83. The Balaban J connectivity index is 2.78. The van der Waals surface area contributed by atoms with Crippen LogP contribution in [0.15, 0.2) is 0 Å². The molecule has 2 N–H and O–H groups in total. The third kappa shape index (κ3) is 3.22. The quantitative estimate of drug-likeness (QED) is 0.733. The number of amides is 2. The predicted molar refractivity (Wildman–Crippen MR) is 67.7 cm³/mol. The Bertz CT molecular complexity index is 442. The second-order valence-electron chi connectivity index (χ2n) is 5.10. The molecule has 18 heavy (non-hydrogen) atoms. The van der Waals surface area contributed by atoms with Gasteiger partial charge in [-0.3, -0.25) is 9.59 Å². The molecule has 0 aromatic heterocycles. The maximum atomic E-state index is 12.0. The van der Waals surface area contributed by atoms with Crippen LogP contribution in [0.1, 0.15) is 33.1 Å². The zero-order valence-corrected chi connectivity index (χ0v) is 11.8. The average Bonchev–Trinajstić information content (AvgIpc) is 2.42. The van der Waals surface area contributed by atoms with Gasteiger partial charge in [-0.25, -0.2) is 8.42 Å². The van der Waals surface area contributed by atoms with Gasteiger partial charge in [-0.1, -0.05) is 0 Å². The molecule has 0 aliphatic carbocycles. The molecule has 6 nitrogen and oxygen atoms in total. The summed E-state index contributed by atoms with van der Waals surface area (Å²) in [5.74, 6) is -0.878. The molecule has 1 heterocycles. The van der Waals surface area contributed by atoms with Crippen molar-refractivity contribution >= 4 is 21.7 Å². The summed E-state index contributed by atoms with van der Waals surface area (Å²) in [6.07, 6.45) is 3.24. The highest BCUT2D eigenvalue weighted by Gasteiger charge is 2.40. The van der Waals surface area contributed by atoms with Crippen molar-refractivity contribution in [2.24, 2.45) is 0 Å². The van der Waals surface area contributed by atoms with E-state index in [1.807, 2.05) is 0 Å². The van der Waals surface area contributed by atoms with E-state index in [4.69, 9.17) is 0 Å². The zero-order chi connectivity index (χ0) is 14.0. The molecule has 1 aliphatic rings. The molecule has 0 spiro atoms. The van der Waals surface area contributed by atoms with Gasteiger partial charge in [0.15, 0.2) is 9.84 Å². The van der Waals surface area contributed by atoms with E-state index in [9.17, 15) is 18.0 Å². The zero-order valence-electron chi connectivity index (χ0n) is 10.9. The molecule has 0 saturated carbocycles. The van der Waals surface area contributed by atoms with Crippen molar-refractivity contribution in [2.45, 2.75) is 43.9 Å². The molecule has 1 unspecified atom stereocenters. The standard InChI is InChI=1S/C11H20N2O4S/c1-11(2,18(3,16)17)10(15)13-8-6-4-5-7-12-9(8)14/h8H,4-7H2,1-3H3,(H,12,14)(H,13,15). The predicted octanol–water partition coefficient (Wildman–Crippen LogP) is -0.405. The van der Waals surface area contributed by atoms with Gasteiger partial charge in [0.1, 0.15) is 10.8 Å². The summed E-state index contributed by atoms with van der Waals surface area (Å²) in [7, 11) is -3.52. The Labute approximate surface area is 107 Å². The lowest BCUT2D eigenvalue weighted by Gasteiger charge is -2.24. The van der Waals surface area contributed by atoms with Gasteiger partial charge in [-0.15, -0.1) is 0 Å². The van der Waals surface area contributed by atoms with E-state index in [-0.39, 0.29) is 5.91 Å². The van der Waals surface area contributed by atoms with Gasteiger partial charge in [0.05, 0.1) is 0 Å². The summed E-state index contributed by atoms with van der Waals surface area (Å²) < 4.78 is 21.5. The molecule has 0 aromatic rings. The topological polar surface area (TPSA) is 92.3 Å². The number of nitrogens with one attached hydrogen (secondary N) is 2. The Morgan fingerprint density at radius 1 is 1.39 bits per heavy atom. The molecular formula is C11H20N2O4S. The molecular weight excluding hydrogens is 256 g/mol. The lowest BCUT2D eigenvalue weighted by Crippen LogP contribution is -2.54. The second-order valence-corrected chi connectivity index (χ2v) is 7.66. The highest BCUT2D eigenvalue weighted by molar-refractivity contribution is 7.92. The largest absolute Gasteiger partial charge is 0.354 e. The van der Waals surface area contributed by atoms with E-state index in [2.05, 4.69) is 10.6 Å². The van der Waals surface area contributed by atoms with E-state index < -0.39 is 26.5 Å². The molecule has 2 amide bonds. The number of sulfone groups is 1. The molecule has 1 rings (SSSR count). The fourth-order valence-corrected chi connectivity index (χ4v) is 1.97. The number of hydrogen-bond acceptors (Lipinski definition) is 4. The van der Waals surface area contributed by atoms with Crippen LogP contribution < -0.4 is 10.6 Å². The van der Waals surface area contributed by atoms with Gasteiger partial charge >= 0.3 is 0 Å². The van der Waals surface area contributed by atoms with Crippen molar-refractivity contribution in [2.75, 3.05) is 12.8 Å². The SMILES string of the molecule is CC(C)(C(=O)NC1CCCCNC1=O)S(C)(=O)=O. The normalized spacial score (nSPS) is 21.9. The fourth-order valence-electron chi connectivity index (χ4n) is 1.58. The van der Waals surface area contributed by atoms with Crippen LogP contribution >= 0.6 is 0 Å². The van der Waals surface area contributed by atoms with E-state index in [0.717, 1.165) is 19.1 Å². The van der Waals surface area contributed by atoms with Crippen LogP contribution in [0.2, 0.25) is 0 Å². The smallest absolute Gasteiger partial charge is 0.242 e. The van der Waals surface area contributed by atoms with Gasteiger partial charge in [-0.05, 0) is 33.1 Å².